The largest absolute Gasteiger partial charge is 0.481 e. The molecule has 1 saturated carbocycles. The molecule has 2 rings (SSSR count). The zero-order chi connectivity index (χ0) is 10.7. The molecular weight excluding hydrogens is 212 g/mol. The molecule has 1 aromatic rings. The molecule has 0 radical (unpaired) electrons. The van der Waals surface area contributed by atoms with Crippen molar-refractivity contribution >= 4 is 17.4 Å². The Morgan fingerprint density at radius 1 is 1.53 bits per heavy atom. The van der Waals surface area contributed by atoms with Gasteiger partial charge in [0, 0.05) is 18.0 Å². The molecular formula is C11H15ClN2O. The van der Waals surface area contributed by atoms with Crippen molar-refractivity contribution < 1.29 is 4.74 Å². The number of methoxy groups -OCH3 is 1. The van der Waals surface area contributed by atoms with Crippen LogP contribution in [0.3, 0.4) is 0 Å². The van der Waals surface area contributed by atoms with Crippen LogP contribution < -0.4 is 10.1 Å². The molecule has 1 N–H and O–H groups in total. The van der Waals surface area contributed by atoms with Crippen molar-refractivity contribution in [3.8, 4) is 5.88 Å². The number of aromatic nitrogens is 1. The molecule has 0 unspecified atom stereocenters. The van der Waals surface area contributed by atoms with Gasteiger partial charge in [0.2, 0.25) is 5.88 Å². The normalized spacial score (nSPS) is 24.4. The fourth-order valence-corrected chi connectivity index (χ4v) is 2.20. The lowest BCUT2D eigenvalue weighted by atomic mass is 9.85. The van der Waals surface area contributed by atoms with Crippen LogP contribution in [0.25, 0.3) is 0 Å². The highest BCUT2D eigenvalue weighted by atomic mass is 35.5. The van der Waals surface area contributed by atoms with Crippen molar-refractivity contribution in [1.29, 1.82) is 0 Å². The predicted octanol–water partition coefficient (Wildman–Crippen LogP) is 2.52. The molecule has 0 bridgehead atoms. The van der Waals surface area contributed by atoms with Gasteiger partial charge in [-0.1, -0.05) is 6.07 Å². The third-order valence-electron chi connectivity index (χ3n) is 2.68. The Balaban J connectivity index is 1.82. The van der Waals surface area contributed by atoms with Crippen LogP contribution in [0.5, 0.6) is 5.88 Å². The molecule has 1 aromatic heterocycles. The van der Waals surface area contributed by atoms with E-state index < -0.39 is 0 Å². The van der Waals surface area contributed by atoms with Gasteiger partial charge in [-0.25, -0.2) is 0 Å². The van der Waals surface area contributed by atoms with Crippen LogP contribution in [0.1, 0.15) is 12.8 Å². The summed E-state index contributed by atoms with van der Waals surface area (Å²) >= 11 is 5.91. The van der Waals surface area contributed by atoms with Gasteiger partial charge in [-0.2, -0.15) is 4.98 Å². The first-order chi connectivity index (χ1) is 7.28. The molecule has 0 saturated heterocycles. The maximum absolute atomic E-state index is 5.91. The first-order valence-electron chi connectivity index (χ1n) is 5.17. The third kappa shape index (κ3) is 2.75. The van der Waals surface area contributed by atoms with Gasteiger partial charge in [0.15, 0.2) is 0 Å². The number of nitrogens with one attached hydrogen (secondary N) is 1. The number of ether oxygens (including phenoxy) is 1. The number of anilines is 1. The van der Waals surface area contributed by atoms with E-state index in [1.165, 1.54) is 0 Å². The van der Waals surface area contributed by atoms with Gasteiger partial charge in [-0.15, -0.1) is 11.6 Å². The van der Waals surface area contributed by atoms with E-state index in [1.54, 1.807) is 7.11 Å². The van der Waals surface area contributed by atoms with Gasteiger partial charge < -0.3 is 10.1 Å². The Hall–Kier alpha value is -0.960. The molecule has 1 aliphatic rings. The summed E-state index contributed by atoms with van der Waals surface area (Å²) in [7, 11) is 1.62. The van der Waals surface area contributed by atoms with Crippen LogP contribution in [0.15, 0.2) is 18.2 Å². The van der Waals surface area contributed by atoms with E-state index in [1.807, 2.05) is 18.2 Å². The first kappa shape index (κ1) is 10.6. The van der Waals surface area contributed by atoms with E-state index in [0.29, 0.717) is 17.2 Å². The Labute approximate surface area is 94.8 Å². The lowest BCUT2D eigenvalue weighted by Gasteiger charge is -2.30. The van der Waals surface area contributed by atoms with E-state index in [9.17, 15) is 0 Å². The summed E-state index contributed by atoms with van der Waals surface area (Å²) in [4.78, 5) is 4.27. The summed E-state index contributed by atoms with van der Waals surface area (Å²) in [6, 6.07) is 5.71. The van der Waals surface area contributed by atoms with Crippen molar-refractivity contribution in [3.05, 3.63) is 18.2 Å². The minimum atomic E-state index is 0.384. The van der Waals surface area contributed by atoms with Crippen molar-refractivity contribution in [2.45, 2.75) is 18.2 Å². The Kier molecular flexibility index (Phi) is 3.31. The van der Waals surface area contributed by atoms with Crippen LogP contribution in [0, 0.1) is 5.92 Å². The molecule has 1 heterocycles. The lowest BCUT2D eigenvalue weighted by molar-refractivity contribution is 0.341. The van der Waals surface area contributed by atoms with Gasteiger partial charge in [0.05, 0.1) is 7.11 Å². The van der Waals surface area contributed by atoms with E-state index in [0.717, 1.165) is 25.2 Å². The molecule has 0 amide bonds. The first-order valence-corrected chi connectivity index (χ1v) is 5.60. The molecule has 15 heavy (non-hydrogen) atoms. The number of hydrogen-bond donors (Lipinski definition) is 1. The highest BCUT2D eigenvalue weighted by molar-refractivity contribution is 6.21. The molecule has 0 atom stereocenters. The van der Waals surface area contributed by atoms with E-state index in [-0.39, 0.29) is 0 Å². The molecule has 0 aliphatic heterocycles. The minimum Gasteiger partial charge on any atom is -0.481 e. The van der Waals surface area contributed by atoms with Crippen molar-refractivity contribution in [2.75, 3.05) is 19.0 Å². The van der Waals surface area contributed by atoms with Crippen LogP contribution >= 0.6 is 11.6 Å². The van der Waals surface area contributed by atoms with Crippen LogP contribution in [0.4, 0.5) is 5.82 Å². The number of halogens is 1. The number of rotatable bonds is 4. The topological polar surface area (TPSA) is 34.1 Å². The minimum absolute atomic E-state index is 0.384. The quantitative estimate of drug-likeness (QED) is 0.802. The number of alkyl halides is 1. The molecule has 0 spiro atoms. The summed E-state index contributed by atoms with van der Waals surface area (Å²) in [6.45, 7) is 0.948. The molecule has 1 fully saturated rings. The number of nitrogens with zero attached hydrogens (tertiary/aromatic N) is 1. The monoisotopic (exact) mass is 226 g/mol. The van der Waals surface area contributed by atoms with Crippen molar-refractivity contribution in [1.82, 2.24) is 4.98 Å². The maximum atomic E-state index is 5.91. The fourth-order valence-electron chi connectivity index (χ4n) is 1.70. The number of hydrogen-bond acceptors (Lipinski definition) is 3. The zero-order valence-corrected chi connectivity index (χ0v) is 9.50. The number of pyridine rings is 1. The van der Waals surface area contributed by atoms with Crippen LogP contribution in [-0.2, 0) is 0 Å². The van der Waals surface area contributed by atoms with E-state index in [4.69, 9.17) is 16.3 Å². The second kappa shape index (κ2) is 4.71. The third-order valence-corrected chi connectivity index (χ3v) is 3.04. The Morgan fingerprint density at radius 3 is 3.00 bits per heavy atom. The molecule has 0 aromatic carbocycles. The molecule has 1 aliphatic carbocycles. The van der Waals surface area contributed by atoms with Gasteiger partial charge in [-0.3, -0.25) is 0 Å². The Bertz CT molecular complexity index is 326. The smallest absolute Gasteiger partial charge is 0.214 e. The lowest BCUT2D eigenvalue weighted by Crippen LogP contribution is -2.30. The Morgan fingerprint density at radius 2 is 2.33 bits per heavy atom. The summed E-state index contributed by atoms with van der Waals surface area (Å²) in [5.41, 5.74) is 0. The zero-order valence-electron chi connectivity index (χ0n) is 8.74. The summed E-state index contributed by atoms with van der Waals surface area (Å²) < 4.78 is 5.05. The summed E-state index contributed by atoms with van der Waals surface area (Å²) in [6.07, 6.45) is 2.22. The van der Waals surface area contributed by atoms with E-state index >= 15 is 0 Å². The molecule has 82 valence electrons. The predicted molar refractivity (Wildman–Crippen MR) is 61.6 cm³/mol. The standard InChI is InChI=1S/C11H15ClN2O/c1-15-11-4-2-3-10(14-11)13-7-8-5-9(12)6-8/h2-4,8-9H,5-7H2,1H3,(H,13,14). The van der Waals surface area contributed by atoms with Crippen LogP contribution in [0.2, 0.25) is 0 Å². The molecule has 3 nitrogen and oxygen atoms in total. The van der Waals surface area contributed by atoms with Gasteiger partial charge >= 0.3 is 0 Å². The highest BCUT2D eigenvalue weighted by Gasteiger charge is 2.26. The van der Waals surface area contributed by atoms with Crippen molar-refractivity contribution in [3.63, 3.8) is 0 Å². The second-order valence-corrected chi connectivity index (χ2v) is 4.50. The van der Waals surface area contributed by atoms with Crippen molar-refractivity contribution in [2.24, 2.45) is 5.92 Å². The molecule has 4 heteroatoms. The summed E-state index contributed by atoms with van der Waals surface area (Å²) in [5, 5.41) is 3.68. The highest BCUT2D eigenvalue weighted by Crippen LogP contribution is 2.31. The van der Waals surface area contributed by atoms with E-state index in [2.05, 4.69) is 10.3 Å². The average Bonchev–Trinajstić information content (AvgIpc) is 2.23. The SMILES string of the molecule is COc1cccc(NCC2CC(Cl)C2)n1. The van der Waals surface area contributed by atoms with Gasteiger partial charge in [0.25, 0.3) is 0 Å². The summed E-state index contributed by atoms with van der Waals surface area (Å²) in [5.74, 6) is 2.21. The average molecular weight is 227 g/mol. The van der Waals surface area contributed by atoms with Gasteiger partial charge in [0.1, 0.15) is 5.82 Å². The fraction of sp³-hybridized carbons (Fsp3) is 0.545. The van der Waals surface area contributed by atoms with Crippen LogP contribution in [-0.4, -0.2) is 24.0 Å². The maximum Gasteiger partial charge on any atom is 0.214 e. The second-order valence-electron chi connectivity index (χ2n) is 3.88. The van der Waals surface area contributed by atoms with Gasteiger partial charge in [-0.05, 0) is 24.8 Å².